The molecule has 0 aliphatic rings. The summed E-state index contributed by atoms with van der Waals surface area (Å²) in [6.45, 7) is 4.08. The molecule has 0 bridgehead atoms. The lowest BCUT2D eigenvalue weighted by atomic mass is 10.1. The Kier molecular flexibility index (Phi) is 5.68. The molecule has 3 aromatic rings. The Balaban J connectivity index is 1.78. The second-order valence-electron chi connectivity index (χ2n) is 6.12. The number of benzene rings is 2. The lowest BCUT2D eigenvalue weighted by Gasteiger charge is -2.16. The van der Waals surface area contributed by atoms with E-state index in [1.807, 2.05) is 62.4 Å². The predicted octanol–water partition coefficient (Wildman–Crippen LogP) is 4.56. The molecule has 26 heavy (non-hydrogen) atoms. The number of aromatic amines is 1. The molecule has 134 valence electrons. The van der Waals surface area contributed by atoms with Crippen molar-refractivity contribution in [3.05, 3.63) is 68.9 Å². The Morgan fingerprint density at radius 3 is 2.65 bits per heavy atom. The van der Waals surface area contributed by atoms with Crippen LogP contribution in [0.3, 0.4) is 0 Å². The molecule has 0 spiro atoms. The predicted molar refractivity (Wildman–Crippen MR) is 108 cm³/mol. The number of amides is 1. The number of nitrogens with zero attached hydrogens (tertiary/aromatic N) is 2. The molecule has 0 aliphatic heterocycles. The van der Waals surface area contributed by atoms with Gasteiger partial charge in [0.15, 0.2) is 10.6 Å². The van der Waals surface area contributed by atoms with Gasteiger partial charge in [0.1, 0.15) is 6.54 Å². The number of aromatic nitrogens is 3. The standard InChI is InChI=1S/C19H19BrN4OS/c1-12-7-9-14(10-8-12)18-22-23-19(26)24(18)11-17(25)21-13(2)15-5-3-4-6-16(15)20/h3-10,13H,11H2,1-2H3,(H,21,25)(H,23,26)/t13-/m1/s1. The van der Waals surface area contributed by atoms with Gasteiger partial charge in [-0.1, -0.05) is 64.0 Å². The third-order valence-electron chi connectivity index (χ3n) is 4.12. The number of hydrogen-bond donors (Lipinski definition) is 2. The highest BCUT2D eigenvalue weighted by Gasteiger charge is 2.15. The van der Waals surface area contributed by atoms with Crippen LogP contribution in [0, 0.1) is 11.7 Å². The topological polar surface area (TPSA) is 62.7 Å². The van der Waals surface area contributed by atoms with Crippen molar-refractivity contribution < 1.29 is 4.79 Å². The van der Waals surface area contributed by atoms with Gasteiger partial charge in [0.2, 0.25) is 5.91 Å². The van der Waals surface area contributed by atoms with E-state index in [1.165, 1.54) is 0 Å². The zero-order valence-corrected chi connectivity index (χ0v) is 16.9. The first-order valence-electron chi connectivity index (χ1n) is 8.21. The first-order chi connectivity index (χ1) is 12.5. The minimum atomic E-state index is -0.126. The maximum atomic E-state index is 12.6. The summed E-state index contributed by atoms with van der Waals surface area (Å²) < 4.78 is 3.10. The quantitative estimate of drug-likeness (QED) is 0.583. The highest BCUT2D eigenvalue weighted by atomic mass is 79.9. The van der Waals surface area contributed by atoms with E-state index in [1.54, 1.807) is 4.57 Å². The molecule has 0 aliphatic carbocycles. The highest BCUT2D eigenvalue weighted by molar-refractivity contribution is 9.10. The smallest absolute Gasteiger partial charge is 0.240 e. The average Bonchev–Trinajstić information content (AvgIpc) is 2.96. The largest absolute Gasteiger partial charge is 0.348 e. The van der Waals surface area contributed by atoms with Crippen molar-refractivity contribution in [1.82, 2.24) is 20.1 Å². The molecule has 1 aromatic heterocycles. The highest BCUT2D eigenvalue weighted by Crippen LogP contribution is 2.23. The Bertz CT molecular complexity index is 978. The SMILES string of the molecule is Cc1ccc(-c2n[nH]c(=S)n2CC(=O)N[C@H](C)c2ccccc2Br)cc1. The molecular formula is C19H19BrN4OS. The second-order valence-corrected chi connectivity index (χ2v) is 7.36. The van der Waals surface area contributed by atoms with Crippen LogP contribution < -0.4 is 5.32 Å². The molecular weight excluding hydrogens is 412 g/mol. The number of carbonyl (C=O) groups excluding carboxylic acids is 1. The summed E-state index contributed by atoms with van der Waals surface area (Å²) in [5.74, 6) is 0.526. The maximum absolute atomic E-state index is 12.6. The first kappa shape index (κ1) is 18.5. The number of rotatable bonds is 5. The van der Waals surface area contributed by atoms with Gasteiger partial charge in [-0.25, -0.2) is 0 Å². The van der Waals surface area contributed by atoms with Crippen LogP contribution >= 0.6 is 28.1 Å². The summed E-state index contributed by atoms with van der Waals surface area (Å²) in [5, 5.41) is 10.1. The van der Waals surface area contributed by atoms with Crippen molar-refractivity contribution in [2.24, 2.45) is 0 Å². The van der Waals surface area contributed by atoms with Crippen LogP contribution in [-0.2, 0) is 11.3 Å². The van der Waals surface area contributed by atoms with Gasteiger partial charge in [-0.3, -0.25) is 14.5 Å². The fourth-order valence-corrected chi connectivity index (χ4v) is 3.55. The number of nitrogens with one attached hydrogen (secondary N) is 2. The average molecular weight is 431 g/mol. The second kappa shape index (κ2) is 7.97. The van der Waals surface area contributed by atoms with Gasteiger partial charge in [-0.15, -0.1) is 0 Å². The fourth-order valence-electron chi connectivity index (χ4n) is 2.72. The third kappa shape index (κ3) is 4.11. The van der Waals surface area contributed by atoms with Crippen LogP contribution in [0.25, 0.3) is 11.4 Å². The van der Waals surface area contributed by atoms with E-state index in [0.29, 0.717) is 10.6 Å². The van der Waals surface area contributed by atoms with Crippen molar-refractivity contribution in [2.45, 2.75) is 26.4 Å². The summed E-state index contributed by atoms with van der Waals surface area (Å²) >= 11 is 8.82. The number of aryl methyl sites for hydroxylation is 1. The van der Waals surface area contributed by atoms with Gasteiger partial charge in [0.25, 0.3) is 0 Å². The Morgan fingerprint density at radius 1 is 1.27 bits per heavy atom. The minimum Gasteiger partial charge on any atom is -0.348 e. The lowest BCUT2D eigenvalue weighted by molar-refractivity contribution is -0.122. The van der Waals surface area contributed by atoms with Crippen molar-refractivity contribution in [1.29, 1.82) is 0 Å². The monoisotopic (exact) mass is 430 g/mol. The number of halogens is 1. The van der Waals surface area contributed by atoms with Crippen LogP contribution in [0.4, 0.5) is 0 Å². The van der Waals surface area contributed by atoms with Gasteiger partial charge in [-0.05, 0) is 37.7 Å². The molecule has 0 fully saturated rings. The van der Waals surface area contributed by atoms with Gasteiger partial charge < -0.3 is 5.32 Å². The van der Waals surface area contributed by atoms with Gasteiger partial charge >= 0.3 is 0 Å². The number of carbonyl (C=O) groups is 1. The van der Waals surface area contributed by atoms with E-state index in [2.05, 4.69) is 31.4 Å². The molecule has 2 aromatic carbocycles. The molecule has 1 amide bonds. The normalized spacial score (nSPS) is 12.0. The Morgan fingerprint density at radius 2 is 1.96 bits per heavy atom. The molecule has 0 radical (unpaired) electrons. The molecule has 7 heteroatoms. The fraction of sp³-hybridized carbons (Fsp3) is 0.211. The van der Waals surface area contributed by atoms with Gasteiger partial charge in [0, 0.05) is 10.0 Å². The Labute approximate surface area is 165 Å². The van der Waals surface area contributed by atoms with Crippen molar-refractivity contribution in [3.63, 3.8) is 0 Å². The Hall–Kier alpha value is -2.25. The van der Waals surface area contributed by atoms with E-state index in [0.717, 1.165) is 21.2 Å². The van der Waals surface area contributed by atoms with Crippen LogP contribution in [0.5, 0.6) is 0 Å². The summed E-state index contributed by atoms with van der Waals surface area (Å²) in [7, 11) is 0. The minimum absolute atomic E-state index is 0.104. The lowest BCUT2D eigenvalue weighted by Crippen LogP contribution is -2.30. The van der Waals surface area contributed by atoms with E-state index in [4.69, 9.17) is 12.2 Å². The van der Waals surface area contributed by atoms with Crippen molar-refractivity contribution in [3.8, 4) is 11.4 Å². The molecule has 2 N–H and O–H groups in total. The van der Waals surface area contributed by atoms with E-state index in [-0.39, 0.29) is 18.5 Å². The summed E-state index contributed by atoms with van der Waals surface area (Å²) in [4.78, 5) is 12.6. The summed E-state index contributed by atoms with van der Waals surface area (Å²) in [6.07, 6.45) is 0. The van der Waals surface area contributed by atoms with Crippen LogP contribution in [0.15, 0.2) is 53.0 Å². The maximum Gasteiger partial charge on any atom is 0.240 e. The molecule has 0 saturated heterocycles. The molecule has 5 nitrogen and oxygen atoms in total. The van der Waals surface area contributed by atoms with Crippen LogP contribution in [0.1, 0.15) is 24.1 Å². The van der Waals surface area contributed by atoms with Crippen molar-refractivity contribution in [2.75, 3.05) is 0 Å². The van der Waals surface area contributed by atoms with E-state index in [9.17, 15) is 4.79 Å². The molecule has 0 saturated carbocycles. The summed E-state index contributed by atoms with van der Waals surface area (Å²) in [6, 6.07) is 15.7. The molecule has 3 rings (SSSR count). The van der Waals surface area contributed by atoms with E-state index >= 15 is 0 Å². The zero-order valence-electron chi connectivity index (χ0n) is 14.5. The first-order valence-corrected chi connectivity index (χ1v) is 9.42. The van der Waals surface area contributed by atoms with Crippen LogP contribution in [0.2, 0.25) is 0 Å². The number of hydrogen-bond acceptors (Lipinski definition) is 3. The molecule has 1 heterocycles. The summed E-state index contributed by atoms with van der Waals surface area (Å²) in [5.41, 5.74) is 3.10. The molecule has 1 atom stereocenters. The van der Waals surface area contributed by atoms with Crippen LogP contribution in [-0.4, -0.2) is 20.7 Å². The molecule has 0 unspecified atom stereocenters. The van der Waals surface area contributed by atoms with Crippen molar-refractivity contribution >= 4 is 34.1 Å². The zero-order chi connectivity index (χ0) is 18.7. The number of H-pyrrole nitrogens is 1. The third-order valence-corrected chi connectivity index (χ3v) is 5.15. The van der Waals surface area contributed by atoms with E-state index < -0.39 is 0 Å². The van der Waals surface area contributed by atoms with Gasteiger partial charge in [0.05, 0.1) is 6.04 Å². The van der Waals surface area contributed by atoms with Gasteiger partial charge in [-0.2, -0.15) is 5.10 Å².